The topological polar surface area (TPSA) is 74.6 Å². The molecule has 0 aromatic heterocycles. The Morgan fingerprint density at radius 3 is 2.61 bits per heavy atom. The Kier molecular flexibility index (Phi) is 3.11. The highest BCUT2D eigenvalue weighted by Gasteiger charge is 2.29. The number of phenols is 1. The van der Waals surface area contributed by atoms with E-state index in [1.165, 1.54) is 12.1 Å². The first-order valence-corrected chi connectivity index (χ1v) is 6.05. The van der Waals surface area contributed by atoms with Crippen LogP contribution in [0.4, 0.5) is 0 Å². The quantitative estimate of drug-likeness (QED) is 0.843. The summed E-state index contributed by atoms with van der Waals surface area (Å²) < 4.78 is 0. The molecule has 4 heteroatoms. The van der Waals surface area contributed by atoms with E-state index in [1.807, 2.05) is 0 Å². The molecule has 1 aliphatic carbocycles. The van der Waals surface area contributed by atoms with Crippen molar-refractivity contribution in [2.75, 3.05) is 0 Å². The van der Waals surface area contributed by atoms with Gasteiger partial charge in [0, 0.05) is 12.0 Å². The Bertz CT molecular complexity index is 517. The Balaban J connectivity index is 2.62. The van der Waals surface area contributed by atoms with Crippen LogP contribution >= 0.6 is 0 Å². The van der Waals surface area contributed by atoms with Crippen LogP contribution in [0.15, 0.2) is 12.1 Å². The van der Waals surface area contributed by atoms with Gasteiger partial charge < -0.3 is 10.2 Å². The number of carbonyl (C=O) groups excluding carboxylic acids is 1. The van der Waals surface area contributed by atoms with Gasteiger partial charge in [0.05, 0.1) is 0 Å². The van der Waals surface area contributed by atoms with Gasteiger partial charge in [0.2, 0.25) is 0 Å². The molecule has 1 atom stereocenters. The molecule has 4 nitrogen and oxygen atoms in total. The molecule has 1 aromatic carbocycles. The molecular weight excluding hydrogens is 232 g/mol. The van der Waals surface area contributed by atoms with Crippen molar-refractivity contribution in [1.82, 2.24) is 0 Å². The second kappa shape index (κ2) is 4.44. The number of ketones is 1. The van der Waals surface area contributed by atoms with Crippen LogP contribution in [0.3, 0.4) is 0 Å². The fourth-order valence-corrected chi connectivity index (χ4v) is 2.59. The van der Waals surface area contributed by atoms with Gasteiger partial charge in [-0.25, -0.2) is 4.79 Å². The van der Waals surface area contributed by atoms with Gasteiger partial charge in [0.25, 0.3) is 0 Å². The molecular formula is C14H16O4. The maximum atomic E-state index is 11.8. The molecule has 0 bridgehead atoms. The van der Waals surface area contributed by atoms with Crippen LogP contribution in [0.5, 0.6) is 5.75 Å². The summed E-state index contributed by atoms with van der Waals surface area (Å²) in [6.07, 6.45) is 1.20. The number of rotatable bonds is 2. The summed E-state index contributed by atoms with van der Waals surface area (Å²) in [5, 5.41) is 18.7. The van der Waals surface area contributed by atoms with E-state index in [4.69, 9.17) is 5.11 Å². The number of carbonyl (C=O) groups is 2. The smallest absolute Gasteiger partial charge is 0.339 e. The Hall–Kier alpha value is -1.84. The van der Waals surface area contributed by atoms with E-state index in [2.05, 4.69) is 13.8 Å². The van der Waals surface area contributed by atoms with Crippen LogP contribution < -0.4 is 0 Å². The highest BCUT2D eigenvalue weighted by atomic mass is 16.4. The summed E-state index contributed by atoms with van der Waals surface area (Å²) in [4.78, 5) is 22.8. The Morgan fingerprint density at radius 2 is 2.06 bits per heavy atom. The molecule has 0 saturated carbocycles. The molecule has 1 aliphatic rings. The van der Waals surface area contributed by atoms with Crippen molar-refractivity contribution in [3.8, 4) is 5.75 Å². The number of fused-ring (bicyclic) bond motifs is 1. The summed E-state index contributed by atoms with van der Waals surface area (Å²) in [7, 11) is 0. The third kappa shape index (κ3) is 1.98. The number of carboxylic acids is 1. The second-order valence-electron chi connectivity index (χ2n) is 5.07. The summed E-state index contributed by atoms with van der Waals surface area (Å²) in [6.45, 7) is 4.11. The zero-order chi connectivity index (χ0) is 13.4. The van der Waals surface area contributed by atoms with Gasteiger partial charge in [0.1, 0.15) is 11.3 Å². The predicted octanol–water partition coefficient (Wildman–Crippen LogP) is 2.81. The van der Waals surface area contributed by atoms with Crippen LogP contribution in [-0.2, 0) is 0 Å². The third-order valence-corrected chi connectivity index (χ3v) is 3.59. The molecule has 96 valence electrons. The number of Topliss-reactive ketones (excluding diaryl/α,β-unsaturated/α-hetero) is 1. The standard InChI is InChI=1S/C14H16O4/c1-7(2)8-3-4-12(15)10-6-13(16)11(14(17)18)5-9(8)10/h5-8,16H,3-4H2,1-2H3,(H,17,18)/t8-/m1/s1. The van der Waals surface area contributed by atoms with Gasteiger partial charge in [-0.3, -0.25) is 4.79 Å². The average molecular weight is 248 g/mol. The minimum absolute atomic E-state index is 0.0193. The zero-order valence-corrected chi connectivity index (χ0v) is 10.4. The molecule has 0 fully saturated rings. The number of hydrogen-bond donors (Lipinski definition) is 2. The van der Waals surface area contributed by atoms with Gasteiger partial charge >= 0.3 is 5.97 Å². The molecule has 0 radical (unpaired) electrons. The fourth-order valence-electron chi connectivity index (χ4n) is 2.59. The highest BCUT2D eigenvalue weighted by molar-refractivity contribution is 6.01. The molecule has 2 rings (SSSR count). The van der Waals surface area contributed by atoms with Crippen molar-refractivity contribution in [3.05, 3.63) is 28.8 Å². The van der Waals surface area contributed by atoms with Gasteiger partial charge in [-0.15, -0.1) is 0 Å². The van der Waals surface area contributed by atoms with Crippen molar-refractivity contribution >= 4 is 11.8 Å². The Labute approximate surface area is 105 Å². The summed E-state index contributed by atoms with van der Waals surface area (Å²) in [5.74, 6) is -1.01. The van der Waals surface area contributed by atoms with Crippen molar-refractivity contribution in [2.24, 2.45) is 5.92 Å². The van der Waals surface area contributed by atoms with Crippen molar-refractivity contribution in [2.45, 2.75) is 32.6 Å². The molecule has 0 saturated heterocycles. The largest absolute Gasteiger partial charge is 0.507 e. The predicted molar refractivity (Wildman–Crippen MR) is 66.2 cm³/mol. The van der Waals surface area contributed by atoms with Crippen molar-refractivity contribution in [3.63, 3.8) is 0 Å². The summed E-state index contributed by atoms with van der Waals surface area (Å²) in [6, 6.07) is 2.75. The number of aromatic carboxylic acids is 1. The molecule has 0 heterocycles. The van der Waals surface area contributed by atoms with E-state index < -0.39 is 5.97 Å². The van der Waals surface area contributed by atoms with E-state index in [1.54, 1.807) is 0 Å². The van der Waals surface area contributed by atoms with E-state index in [-0.39, 0.29) is 23.0 Å². The van der Waals surface area contributed by atoms with E-state index in [9.17, 15) is 14.7 Å². The first kappa shape index (κ1) is 12.6. The number of aromatic hydroxyl groups is 1. The van der Waals surface area contributed by atoms with Crippen molar-refractivity contribution < 1.29 is 19.8 Å². The van der Waals surface area contributed by atoms with Crippen molar-refractivity contribution in [1.29, 1.82) is 0 Å². The number of carboxylic acid groups (broad SMARTS) is 1. The van der Waals surface area contributed by atoms with E-state index >= 15 is 0 Å². The number of benzene rings is 1. The molecule has 0 aliphatic heterocycles. The maximum Gasteiger partial charge on any atom is 0.339 e. The number of hydrogen-bond acceptors (Lipinski definition) is 3. The van der Waals surface area contributed by atoms with Gasteiger partial charge in [-0.1, -0.05) is 13.8 Å². The monoisotopic (exact) mass is 248 g/mol. The Morgan fingerprint density at radius 1 is 1.39 bits per heavy atom. The lowest BCUT2D eigenvalue weighted by Crippen LogP contribution is -2.20. The molecule has 0 amide bonds. The highest BCUT2D eigenvalue weighted by Crippen LogP contribution is 2.39. The van der Waals surface area contributed by atoms with Crippen LogP contribution in [0.1, 0.15) is 58.9 Å². The van der Waals surface area contributed by atoms with Gasteiger partial charge in [0.15, 0.2) is 5.78 Å². The molecule has 1 aromatic rings. The first-order valence-electron chi connectivity index (χ1n) is 6.05. The van der Waals surface area contributed by atoms with Crippen LogP contribution in [0.2, 0.25) is 0 Å². The fraction of sp³-hybridized carbons (Fsp3) is 0.429. The summed E-state index contributed by atoms with van der Waals surface area (Å²) >= 11 is 0. The minimum Gasteiger partial charge on any atom is -0.507 e. The first-order chi connectivity index (χ1) is 8.41. The van der Waals surface area contributed by atoms with Crippen LogP contribution in [-0.4, -0.2) is 22.0 Å². The minimum atomic E-state index is -1.17. The molecule has 0 spiro atoms. The molecule has 0 unspecified atom stereocenters. The normalized spacial score (nSPS) is 18.8. The van der Waals surface area contributed by atoms with Crippen LogP contribution in [0, 0.1) is 5.92 Å². The second-order valence-corrected chi connectivity index (χ2v) is 5.07. The van der Waals surface area contributed by atoms with Gasteiger partial charge in [-0.05, 0) is 36.0 Å². The molecule has 2 N–H and O–H groups in total. The lowest BCUT2D eigenvalue weighted by Gasteiger charge is -2.28. The van der Waals surface area contributed by atoms with E-state index in [0.29, 0.717) is 17.9 Å². The average Bonchev–Trinajstić information content (AvgIpc) is 2.28. The molecule has 18 heavy (non-hydrogen) atoms. The van der Waals surface area contributed by atoms with E-state index in [0.717, 1.165) is 12.0 Å². The summed E-state index contributed by atoms with van der Waals surface area (Å²) in [5.41, 5.74) is 1.10. The lowest BCUT2D eigenvalue weighted by molar-refractivity contribution is 0.0692. The van der Waals surface area contributed by atoms with Crippen LogP contribution in [0.25, 0.3) is 0 Å². The SMILES string of the molecule is CC(C)[C@H]1CCC(=O)c2cc(O)c(C(=O)O)cc21. The lowest BCUT2D eigenvalue weighted by atomic mass is 9.76. The third-order valence-electron chi connectivity index (χ3n) is 3.59. The van der Waals surface area contributed by atoms with Gasteiger partial charge in [-0.2, -0.15) is 0 Å². The maximum absolute atomic E-state index is 11.8. The zero-order valence-electron chi connectivity index (χ0n) is 10.4.